The molecule has 2 aliphatic heterocycles. The molecule has 2 heterocycles. The van der Waals surface area contributed by atoms with E-state index in [0.717, 1.165) is 38.0 Å². The van der Waals surface area contributed by atoms with Crippen molar-refractivity contribution in [1.82, 2.24) is 4.90 Å². The fourth-order valence-corrected chi connectivity index (χ4v) is 3.23. The van der Waals surface area contributed by atoms with Gasteiger partial charge in [0.05, 0.1) is 29.8 Å². The predicted octanol–water partition coefficient (Wildman–Crippen LogP) is 3.33. The second-order valence-electron chi connectivity index (χ2n) is 5.13. The summed E-state index contributed by atoms with van der Waals surface area (Å²) in [6, 6.07) is 5.77. The van der Waals surface area contributed by atoms with Crippen molar-refractivity contribution < 1.29 is 9.47 Å². The molecule has 0 amide bonds. The van der Waals surface area contributed by atoms with Crippen molar-refractivity contribution in [1.29, 1.82) is 0 Å². The zero-order chi connectivity index (χ0) is 13.3. The lowest BCUT2D eigenvalue weighted by atomic mass is 10.0. The summed E-state index contributed by atoms with van der Waals surface area (Å²) >= 11 is 12.3. The quantitative estimate of drug-likeness (QED) is 0.836. The van der Waals surface area contributed by atoms with Gasteiger partial charge in [-0.05, 0) is 24.6 Å². The van der Waals surface area contributed by atoms with Gasteiger partial charge in [-0.1, -0.05) is 35.3 Å². The fourth-order valence-electron chi connectivity index (χ4n) is 2.85. The van der Waals surface area contributed by atoms with Gasteiger partial charge in [-0.25, -0.2) is 0 Å². The van der Waals surface area contributed by atoms with E-state index < -0.39 is 0 Å². The Morgan fingerprint density at radius 1 is 1.21 bits per heavy atom. The molecule has 104 valence electrons. The summed E-state index contributed by atoms with van der Waals surface area (Å²) < 4.78 is 11.6. The smallest absolute Gasteiger partial charge is 0.181 e. The lowest BCUT2D eigenvalue weighted by Gasteiger charge is -2.38. The van der Waals surface area contributed by atoms with Crippen molar-refractivity contribution in [3.05, 3.63) is 33.8 Å². The Morgan fingerprint density at radius 3 is 2.79 bits per heavy atom. The fraction of sp³-hybridized carbons (Fsp3) is 0.571. The van der Waals surface area contributed by atoms with E-state index >= 15 is 0 Å². The minimum atomic E-state index is -0.386. The van der Waals surface area contributed by atoms with Crippen LogP contribution in [0.5, 0.6) is 0 Å². The zero-order valence-corrected chi connectivity index (χ0v) is 12.2. The molecular formula is C14H17Cl2NO2. The van der Waals surface area contributed by atoms with Gasteiger partial charge in [0.1, 0.15) is 0 Å². The van der Waals surface area contributed by atoms with Crippen LogP contribution in [0, 0.1) is 0 Å². The third kappa shape index (κ3) is 2.91. The van der Waals surface area contributed by atoms with Crippen molar-refractivity contribution >= 4 is 23.2 Å². The monoisotopic (exact) mass is 301 g/mol. The molecule has 3 nitrogen and oxygen atoms in total. The highest BCUT2D eigenvalue weighted by molar-refractivity contribution is 6.42. The number of ether oxygens (including phenoxy) is 2. The van der Waals surface area contributed by atoms with Gasteiger partial charge in [-0.2, -0.15) is 0 Å². The van der Waals surface area contributed by atoms with Crippen LogP contribution in [0.1, 0.15) is 18.4 Å². The maximum Gasteiger partial charge on any atom is 0.181 e. The highest BCUT2D eigenvalue weighted by atomic mass is 35.5. The molecule has 0 saturated carbocycles. The van der Waals surface area contributed by atoms with E-state index in [0.29, 0.717) is 23.3 Å². The number of rotatable bonds is 2. The first-order valence-corrected chi connectivity index (χ1v) is 7.37. The number of piperidine rings is 1. The third-order valence-electron chi connectivity index (χ3n) is 3.74. The van der Waals surface area contributed by atoms with E-state index in [1.54, 1.807) is 0 Å². The molecule has 1 spiro atoms. The molecule has 2 saturated heterocycles. The van der Waals surface area contributed by atoms with Crippen LogP contribution < -0.4 is 0 Å². The molecule has 0 bridgehead atoms. The van der Waals surface area contributed by atoms with Gasteiger partial charge < -0.3 is 9.47 Å². The van der Waals surface area contributed by atoms with Crippen LogP contribution >= 0.6 is 23.2 Å². The minimum Gasteiger partial charge on any atom is -0.346 e. The standard InChI is InChI=1S/C14H17Cl2NO2/c15-12-4-1-3-11(13(12)16)9-17-6-2-5-14(10-17)18-7-8-19-14/h1,3-4H,2,5-10H2. The molecule has 19 heavy (non-hydrogen) atoms. The second kappa shape index (κ2) is 5.58. The average Bonchev–Trinajstić information content (AvgIpc) is 2.83. The van der Waals surface area contributed by atoms with Gasteiger partial charge in [-0.15, -0.1) is 0 Å². The number of hydrogen-bond acceptors (Lipinski definition) is 3. The van der Waals surface area contributed by atoms with Crippen molar-refractivity contribution in [3.8, 4) is 0 Å². The van der Waals surface area contributed by atoms with Gasteiger partial charge in [0, 0.05) is 13.0 Å². The first-order chi connectivity index (χ1) is 9.19. The van der Waals surface area contributed by atoms with Crippen molar-refractivity contribution in [3.63, 3.8) is 0 Å². The molecule has 1 aromatic carbocycles. The van der Waals surface area contributed by atoms with Crippen LogP contribution in [-0.2, 0) is 16.0 Å². The molecule has 0 atom stereocenters. The maximum atomic E-state index is 6.24. The SMILES string of the molecule is Clc1cccc(CN2CCCC3(C2)OCCO3)c1Cl. The Morgan fingerprint density at radius 2 is 2.00 bits per heavy atom. The predicted molar refractivity (Wildman–Crippen MR) is 75.6 cm³/mol. The Bertz CT molecular complexity index is 461. The second-order valence-corrected chi connectivity index (χ2v) is 5.92. The lowest BCUT2D eigenvalue weighted by molar-refractivity contribution is -0.190. The van der Waals surface area contributed by atoms with E-state index in [4.69, 9.17) is 32.7 Å². The molecular weight excluding hydrogens is 285 g/mol. The van der Waals surface area contributed by atoms with Crippen LogP contribution in [0.4, 0.5) is 0 Å². The summed E-state index contributed by atoms with van der Waals surface area (Å²) in [4.78, 5) is 2.33. The normalized spacial score (nSPS) is 23.1. The molecule has 0 unspecified atom stereocenters. The Hall–Kier alpha value is -0.320. The van der Waals surface area contributed by atoms with Gasteiger partial charge in [0.25, 0.3) is 0 Å². The average molecular weight is 302 g/mol. The van der Waals surface area contributed by atoms with Crippen LogP contribution in [0.2, 0.25) is 10.0 Å². The van der Waals surface area contributed by atoms with E-state index in [1.807, 2.05) is 18.2 Å². The number of nitrogens with zero attached hydrogens (tertiary/aromatic N) is 1. The number of halogens is 2. The molecule has 0 aromatic heterocycles. The highest BCUT2D eigenvalue weighted by Crippen LogP contribution is 2.32. The minimum absolute atomic E-state index is 0.386. The summed E-state index contributed by atoms with van der Waals surface area (Å²) in [5, 5.41) is 1.26. The summed E-state index contributed by atoms with van der Waals surface area (Å²) in [6.45, 7) is 4.03. The van der Waals surface area contributed by atoms with E-state index in [1.165, 1.54) is 0 Å². The van der Waals surface area contributed by atoms with Crippen LogP contribution in [0.15, 0.2) is 18.2 Å². The Kier molecular flexibility index (Phi) is 4.01. The highest BCUT2D eigenvalue weighted by Gasteiger charge is 2.40. The molecule has 1 aromatic rings. The number of benzene rings is 1. The first kappa shape index (κ1) is 13.7. The molecule has 0 aliphatic carbocycles. The van der Waals surface area contributed by atoms with Gasteiger partial charge in [-0.3, -0.25) is 4.90 Å². The molecule has 0 radical (unpaired) electrons. The van der Waals surface area contributed by atoms with Crippen LogP contribution in [-0.4, -0.2) is 37.0 Å². The van der Waals surface area contributed by atoms with E-state index in [2.05, 4.69) is 4.90 Å². The largest absolute Gasteiger partial charge is 0.346 e. The summed E-state index contributed by atoms with van der Waals surface area (Å²) in [6.07, 6.45) is 2.06. The van der Waals surface area contributed by atoms with Crippen LogP contribution in [0.25, 0.3) is 0 Å². The number of hydrogen-bond donors (Lipinski definition) is 0. The Labute approximate surface area is 123 Å². The molecule has 2 aliphatic rings. The Balaban J connectivity index is 1.71. The first-order valence-electron chi connectivity index (χ1n) is 6.62. The van der Waals surface area contributed by atoms with Crippen LogP contribution in [0.3, 0.4) is 0 Å². The van der Waals surface area contributed by atoms with Gasteiger partial charge in [0.2, 0.25) is 0 Å². The van der Waals surface area contributed by atoms with Crippen molar-refractivity contribution in [2.24, 2.45) is 0 Å². The summed E-state index contributed by atoms with van der Waals surface area (Å²) in [5.74, 6) is -0.386. The topological polar surface area (TPSA) is 21.7 Å². The third-order valence-corrected chi connectivity index (χ3v) is 4.59. The summed E-state index contributed by atoms with van der Waals surface area (Å²) in [5.41, 5.74) is 1.06. The molecule has 2 fully saturated rings. The summed E-state index contributed by atoms with van der Waals surface area (Å²) in [7, 11) is 0. The maximum absolute atomic E-state index is 6.24. The zero-order valence-electron chi connectivity index (χ0n) is 10.7. The number of likely N-dealkylation sites (tertiary alicyclic amines) is 1. The van der Waals surface area contributed by atoms with Gasteiger partial charge >= 0.3 is 0 Å². The molecule has 3 rings (SSSR count). The molecule has 5 heteroatoms. The van der Waals surface area contributed by atoms with E-state index in [9.17, 15) is 0 Å². The van der Waals surface area contributed by atoms with Gasteiger partial charge in [0.15, 0.2) is 5.79 Å². The molecule has 0 N–H and O–H groups in total. The van der Waals surface area contributed by atoms with Crippen molar-refractivity contribution in [2.45, 2.75) is 25.2 Å². The van der Waals surface area contributed by atoms with Crippen molar-refractivity contribution in [2.75, 3.05) is 26.3 Å². The lowest BCUT2D eigenvalue weighted by Crippen LogP contribution is -2.48. The van der Waals surface area contributed by atoms with E-state index in [-0.39, 0.29) is 5.79 Å².